The summed E-state index contributed by atoms with van der Waals surface area (Å²) in [5.41, 5.74) is 5.62. The molecule has 0 fully saturated rings. The Morgan fingerprint density at radius 1 is 1.57 bits per heavy atom. The van der Waals surface area contributed by atoms with Crippen LogP contribution in [0.15, 0.2) is 15.9 Å². The number of ether oxygens (including phenoxy) is 2. The minimum absolute atomic E-state index is 0.0125. The van der Waals surface area contributed by atoms with Crippen LogP contribution in [0.2, 0.25) is 0 Å². The largest absolute Gasteiger partial charge is 0.382 e. The number of halogens is 1. The third-order valence-electron chi connectivity index (χ3n) is 1.73. The summed E-state index contributed by atoms with van der Waals surface area (Å²) in [6.07, 6.45) is -0.0125. The quantitative estimate of drug-likeness (QED) is 0.812. The number of methoxy groups -OCH3 is 1. The molecule has 1 heterocycles. The second kappa shape index (κ2) is 6.53. The molecule has 0 saturated carbocycles. The van der Waals surface area contributed by atoms with Crippen LogP contribution in [0.5, 0.6) is 0 Å². The van der Waals surface area contributed by atoms with Crippen molar-refractivity contribution >= 4 is 27.3 Å². The maximum Gasteiger partial charge on any atom is 0.104 e. The minimum Gasteiger partial charge on any atom is -0.382 e. The van der Waals surface area contributed by atoms with E-state index < -0.39 is 0 Å². The van der Waals surface area contributed by atoms with Crippen LogP contribution in [0.25, 0.3) is 0 Å². The molecule has 0 aromatic carbocycles. The maximum atomic E-state index is 5.62. The first-order valence-corrected chi connectivity index (χ1v) is 5.99. The van der Waals surface area contributed by atoms with Crippen LogP contribution in [-0.4, -0.2) is 26.9 Å². The number of nitrogens with two attached hydrogens (primary N) is 1. The second-order valence-electron chi connectivity index (χ2n) is 2.76. The normalized spacial score (nSPS) is 13.1. The van der Waals surface area contributed by atoms with Crippen molar-refractivity contribution in [1.29, 1.82) is 0 Å². The van der Waals surface area contributed by atoms with E-state index in [1.807, 2.05) is 11.4 Å². The van der Waals surface area contributed by atoms with Crippen molar-refractivity contribution in [1.82, 2.24) is 0 Å². The molecule has 2 N–H and O–H groups in total. The Hall–Kier alpha value is 0.0600. The van der Waals surface area contributed by atoms with Gasteiger partial charge in [-0.1, -0.05) is 0 Å². The summed E-state index contributed by atoms with van der Waals surface area (Å²) in [7, 11) is 1.66. The van der Waals surface area contributed by atoms with Gasteiger partial charge in [-0.05, 0) is 22.0 Å². The number of rotatable bonds is 6. The topological polar surface area (TPSA) is 44.5 Å². The van der Waals surface area contributed by atoms with E-state index in [2.05, 4.69) is 15.9 Å². The first-order valence-electron chi connectivity index (χ1n) is 4.32. The van der Waals surface area contributed by atoms with Gasteiger partial charge in [0.25, 0.3) is 0 Å². The highest BCUT2D eigenvalue weighted by molar-refractivity contribution is 9.10. The van der Waals surface area contributed by atoms with E-state index in [4.69, 9.17) is 15.2 Å². The molecule has 3 nitrogen and oxygen atoms in total. The molecule has 0 aliphatic carbocycles. The first kappa shape index (κ1) is 12.1. The summed E-state index contributed by atoms with van der Waals surface area (Å²) < 4.78 is 11.6. The van der Waals surface area contributed by atoms with E-state index in [9.17, 15) is 0 Å². The lowest BCUT2D eigenvalue weighted by molar-refractivity contribution is 0.0224. The van der Waals surface area contributed by atoms with Crippen LogP contribution in [0.4, 0.5) is 0 Å². The van der Waals surface area contributed by atoms with Crippen molar-refractivity contribution in [3.8, 4) is 0 Å². The molecule has 80 valence electrons. The Bertz CT molecular complexity index is 267. The van der Waals surface area contributed by atoms with Gasteiger partial charge < -0.3 is 15.2 Å². The molecule has 0 radical (unpaired) electrons. The van der Waals surface area contributed by atoms with Gasteiger partial charge in [0.15, 0.2) is 0 Å². The smallest absolute Gasteiger partial charge is 0.104 e. The second-order valence-corrected chi connectivity index (χ2v) is 4.61. The molecule has 0 spiro atoms. The van der Waals surface area contributed by atoms with Crippen molar-refractivity contribution in [2.24, 2.45) is 5.73 Å². The van der Waals surface area contributed by atoms with Gasteiger partial charge in [-0.2, -0.15) is 0 Å². The Morgan fingerprint density at radius 3 is 2.86 bits per heavy atom. The van der Waals surface area contributed by atoms with Crippen LogP contribution in [0, 0.1) is 0 Å². The molecule has 1 rings (SSSR count). The zero-order chi connectivity index (χ0) is 10.4. The summed E-state index contributed by atoms with van der Waals surface area (Å²) in [6.45, 7) is 1.67. The van der Waals surface area contributed by atoms with E-state index in [1.54, 1.807) is 18.4 Å². The van der Waals surface area contributed by atoms with Crippen molar-refractivity contribution in [2.45, 2.75) is 6.10 Å². The van der Waals surface area contributed by atoms with Gasteiger partial charge in [0.05, 0.1) is 13.2 Å². The van der Waals surface area contributed by atoms with Gasteiger partial charge in [0.1, 0.15) is 6.10 Å². The van der Waals surface area contributed by atoms with Crippen molar-refractivity contribution in [2.75, 3.05) is 26.9 Å². The molecule has 1 unspecified atom stereocenters. The lowest BCUT2D eigenvalue weighted by atomic mass is 10.3. The molecular weight excluding hydrogens is 266 g/mol. The van der Waals surface area contributed by atoms with Crippen molar-refractivity contribution < 1.29 is 9.47 Å². The van der Waals surface area contributed by atoms with Gasteiger partial charge in [-0.15, -0.1) is 11.3 Å². The van der Waals surface area contributed by atoms with E-state index >= 15 is 0 Å². The zero-order valence-corrected chi connectivity index (χ0v) is 10.4. The number of thiophene rings is 1. The van der Waals surface area contributed by atoms with Gasteiger partial charge in [0.2, 0.25) is 0 Å². The maximum absolute atomic E-state index is 5.62. The fourth-order valence-corrected chi connectivity index (χ4v) is 2.54. The molecule has 0 bridgehead atoms. The van der Waals surface area contributed by atoms with Crippen LogP contribution in [0.1, 0.15) is 11.0 Å². The van der Waals surface area contributed by atoms with Gasteiger partial charge in [-0.3, -0.25) is 0 Å². The molecule has 0 saturated heterocycles. The van der Waals surface area contributed by atoms with Crippen LogP contribution in [-0.2, 0) is 9.47 Å². The number of hydrogen-bond donors (Lipinski definition) is 1. The van der Waals surface area contributed by atoms with E-state index in [0.717, 1.165) is 9.35 Å². The fourth-order valence-electron chi connectivity index (χ4n) is 1.04. The predicted molar refractivity (Wildman–Crippen MR) is 61.6 cm³/mol. The Morgan fingerprint density at radius 2 is 2.36 bits per heavy atom. The molecule has 1 aromatic rings. The molecule has 0 aliphatic heterocycles. The Kier molecular flexibility index (Phi) is 5.66. The standard InChI is InChI=1S/C9H14BrNO2S/c1-12-2-3-13-8(5-11)9-4-7(10)6-14-9/h4,6,8H,2-3,5,11H2,1H3. The lowest BCUT2D eigenvalue weighted by Crippen LogP contribution is -2.16. The number of hydrogen-bond acceptors (Lipinski definition) is 4. The molecule has 5 heteroatoms. The zero-order valence-electron chi connectivity index (χ0n) is 8.03. The first-order chi connectivity index (χ1) is 6.77. The summed E-state index contributed by atoms with van der Waals surface area (Å²) in [4.78, 5) is 1.15. The van der Waals surface area contributed by atoms with Crippen LogP contribution < -0.4 is 5.73 Å². The SMILES string of the molecule is COCCOC(CN)c1cc(Br)cs1. The van der Waals surface area contributed by atoms with E-state index in [-0.39, 0.29) is 6.10 Å². The molecule has 1 aromatic heterocycles. The molecule has 0 aliphatic rings. The monoisotopic (exact) mass is 279 g/mol. The Labute approximate surface area is 96.3 Å². The average Bonchev–Trinajstić information content (AvgIpc) is 2.60. The average molecular weight is 280 g/mol. The third kappa shape index (κ3) is 3.67. The molecule has 0 amide bonds. The molecule has 1 atom stereocenters. The minimum atomic E-state index is -0.0125. The highest BCUT2D eigenvalue weighted by Gasteiger charge is 2.11. The van der Waals surface area contributed by atoms with Gasteiger partial charge in [0, 0.05) is 28.4 Å². The summed E-state index contributed by atoms with van der Waals surface area (Å²) in [6, 6.07) is 2.04. The summed E-state index contributed by atoms with van der Waals surface area (Å²) >= 11 is 5.05. The van der Waals surface area contributed by atoms with Crippen molar-refractivity contribution in [3.63, 3.8) is 0 Å². The van der Waals surface area contributed by atoms with E-state index in [0.29, 0.717) is 19.8 Å². The summed E-state index contributed by atoms with van der Waals surface area (Å²) in [5, 5.41) is 2.03. The predicted octanol–water partition coefficient (Wildman–Crippen LogP) is 2.17. The summed E-state index contributed by atoms with van der Waals surface area (Å²) in [5.74, 6) is 0. The van der Waals surface area contributed by atoms with Gasteiger partial charge >= 0.3 is 0 Å². The highest BCUT2D eigenvalue weighted by atomic mass is 79.9. The molecule has 14 heavy (non-hydrogen) atoms. The highest BCUT2D eigenvalue weighted by Crippen LogP contribution is 2.27. The van der Waals surface area contributed by atoms with E-state index in [1.165, 1.54) is 0 Å². The third-order valence-corrected chi connectivity index (χ3v) is 3.51. The molecular formula is C9H14BrNO2S. The lowest BCUT2D eigenvalue weighted by Gasteiger charge is -2.13. The van der Waals surface area contributed by atoms with Gasteiger partial charge in [-0.25, -0.2) is 0 Å². The Balaban J connectivity index is 2.45. The fraction of sp³-hybridized carbons (Fsp3) is 0.556. The van der Waals surface area contributed by atoms with Crippen LogP contribution >= 0.6 is 27.3 Å². The van der Waals surface area contributed by atoms with Crippen molar-refractivity contribution in [3.05, 3.63) is 20.8 Å². The van der Waals surface area contributed by atoms with Crippen LogP contribution in [0.3, 0.4) is 0 Å².